The molecule has 0 unspecified atom stereocenters. The van der Waals surface area contributed by atoms with Gasteiger partial charge in [0.2, 0.25) is 0 Å². The van der Waals surface area contributed by atoms with Gasteiger partial charge in [0.15, 0.2) is 0 Å². The fourth-order valence-corrected chi connectivity index (χ4v) is 2.46. The van der Waals surface area contributed by atoms with E-state index in [1.165, 1.54) is 0 Å². The number of methoxy groups -OCH3 is 1. The van der Waals surface area contributed by atoms with Crippen LogP contribution in [0, 0.1) is 0 Å². The molecular formula is C15H21N3O3. The Morgan fingerprint density at radius 2 is 1.81 bits per heavy atom. The summed E-state index contributed by atoms with van der Waals surface area (Å²) in [4.78, 5) is 27.3. The Kier molecular flexibility index (Phi) is 4.67. The van der Waals surface area contributed by atoms with Crippen LogP contribution in [0.4, 0.5) is 5.69 Å². The van der Waals surface area contributed by atoms with Gasteiger partial charge in [-0.15, -0.1) is 0 Å². The highest BCUT2D eigenvalue weighted by atomic mass is 16.5. The van der Waals surface area contributed by atoms with Crippen LogP contribution in [0.3, 0.4) is 0 Å². The van der Waals surface area contributed by atoms with Crippen LogP contribution in [0.5, 0.6) is 5.75 Å². The molecular weight excluding hydrogens is 270 g/mol. The summed E-state index contributed by atoms with van der Waals surface area (Å²) in [5.41, 5.74) is 7.24. The third-order valence-corrected chi connectivity index (χ3v) is 3.49. The molecule has 1 heterocycles. The van der Waals surface area contributed by atoms with Crippen LogP contribution in [0.25, 0.3) is 0 Å². The topological polar surface area (TPSA) is 75.9 Å². The maximum absolute atomic E-state index is 12.1. The maximum atomic E-state index is 12.1. The van der Waals surface area contributed by atoms with Gasteiger partial charge in [0.25, 0.3) is 0 Å². The molecule has 0 radical (unpaired) electrons. The lowest BCUT2D eigenvalue weighted by Crippen LogP contribution is -2.53. The van der Waals surface area contributed by atoms with Crippen LogP contribution in [-0.4, -0.2) is 48.4 Å². The molecule has 1 aliphatic heterocycles. The van der Waals surface area contributed by atoms with Gasteiger partial charge in [-0.05, 0) is 24.1 Å². The van der Waals surface area contributed by atoms with E-state index in [1.54, 1.807) is 29.0 Å². The minimum atomic E-state index is -0.448. The molecule has 21 heavy (non-hydrogen) atoms. The third kappa shape index (κ3) is 3.45. The lowest BCUT2D eigenvalue weighted by atomic mass is 10.1. The molecule has 0 aromatic heterocycles. The zero-order valence-electron chi connectivity index (χ0n) is 12.5. The molecule has 1 saturated heterocycles. The minimum absolute atomic E-state index is 0.367. The molecule has 1 aromatic rings. The van der Waals surface area contributed by atoms with Gasteiger partial charge in [0, 0.05) is 37.9 Å². The second kappa shape index (κ2) is 6.47. The van der Waals surface area contributed by atoms with Gasteiger partial charge >= 0.3 is 11.8 Å². The van der Waals surface area contributed by atoms with E-state index >= 15 is 0 Å². The standard InChI is InChI=1S/C15H21N3O3/c1-3-4-17-5-6-18(15(20)14(17)19)10-11-7-12(16)9-13(8-11)21-2/h7-9H,3-6,10,16H2,1-2H3. The molecule has 0 saturated carbocycles. The van der Waals surface area contributed by atoms with E-state index in [0.29, 0.717) is 37.6 Å². The fourth-order valence-electron chi connectivity index (χ4n) is 2.46. The molecule has 0 bridgehead atoms. The number of nitrogens with two attached hydrogens (primary N) is 1. The first-order valence-electron chi connectivity index (χ1n) is 7.06. The second-order valence-corrected chi connectivity index (χ2v) is 5.13. The van der Waals surface area contributed by atoms with E-state index in [0.717, 1.165) is 12.0 Å². The molecule has 1 aromatic carbocycles. The van der Waals surface area contributed by atoms with Crippen molar-refractivity contribution in [3.63, 3.8) is 0 Å². The van der Waals surface area contributed by atoms with Crippen molar-refractivity contribution in [1.29, 1.82) is 0 Å². The fraction of sp³-hybridized carbons (Fsp3) is 0.467. The van der Waals surface area contributed by atoms with Crippen molar-refractivity contribution in [2.45, 2.75) is 19.9 Å². The molecule has 0 atom stereocenters. The summed E-state index contributed by atoms with van der Waals surface area (Å²) in [6, 6.07) is 5.33. The predicted octanol–water partition coefficient (Wildman–Crippen LogP) is 0.858. The minimum Gasteiger partial charge on any atom is -0.497 e. The SMILES string of the molecule is CCCN1CCN(Cc2cc(N)cc(OC)c2)C(=O)C1=O. The van der Waals surface area contributed by atoms with Crippen molar-refractivity contribution in [3.05, 3.63) is 23.8 Å². The number of carbonyl (C=O) groups is 2. The Morgan fingerprint density at radius 3 is 2.48 bits per heavy atom. The highest BCUT2D eigenvalue weighted by molar-refractivity contribution is 6.35. The van der Waals surface area contributed by atoms with Crippen LogP contribution in [-0.2, 0) is 16.1 Å². The number of nitrogens with zero attached hydrogens (tertiary/aromatic N) is 2. The van der Waals surface area contributed by atoms with Crippen molar-refractivity contribution in [2.24, 2.45) is 0 Å². The third-order valence-electron chi connectivity index (χ3n) is 3.49. The van der Waals surface area contributed by atoms with Crippen molar-refractivity contribution in [1.82, 2.24) is 9.80 Å². The van der Waals surface area contributed by atoms with Gasteiger partial charge in [-0.3, -0.25) is 9.59 Å². The summed E-state index contributed by atoms with van der Waals surface area (Å²) in [5, 5.41) is 0. The smallest absolute Gasteiger partial charge is 0.312 e. The average molecular weight is 291 g/mol. The number of nitrogen functional groups attached to an aromatic ring is 1. The van der Waals surface area contributed by atoms with E-state index in [9.17, 15) is 9.59 Å². The maximum Gasteiger partial charge on any atom is 0.312 e. The van der Waals surface area contributed by atoms with E-state index in [4.69, 9.17) is 10.5 Å². The summed E-state index contributed by atoms with van der Waals surface area (Å²) in [5.74, 6) is -0.219. The van der Waals surface area contributed by atoms with Gasteiger partial charge in [-0.2, -0.15) is 0 Å². The molecule has 2 N–H and O–H groups in total. The van der Waals surface area contributed by atoms with Gasteiger partial charge in [0.05, 0.1) is 7.11 Å². The van der Waals surface area contributed by atoms with Crippen molar-refractivity contribution in [2.75, 3.05) is 32.5 Å². The molecule has 2 rings (SSSR count). The monoisotopic (exact) mass is 291 g/mol. The lowest BCUT2D eigenvalue weighted by molar-refractivity contribution is -0.156. The van der Waals surface area contributed by atoms with Gasteiger partial charge in [-0.25, -0.2) is 0 Å². The number of anilines is 1. The van der Waals surface area contributed by atoms with Gasteiger partial charge in [0.1, 0.15) is 5.75 Å². The number of hydrogen-bond donors (Lipinski definition) is 1. The summed E-state index contributed by atoms with van der Waals surface area (Å²) in [6.45, 7) is 4.11. The number of hydrogen-bond acceptors (Lipinski definition) is 4. The number of piperazine rings is 1. The zero-order valence-corrected chi connectivity index (χ0v) is 12.5. The number of carbonyl (C=O) groups excluding carboxylic acids is 2. The Hall–Kier alpha value is -2.24. The molecule has 2 amide bonds. The first-order chi connectivity index (χ1) is 10.0. The van der Waals surface area contributed by atoms with Gasteiger partial charge < -0.3 is 20.3 Å². The molecule has 0 spiro atoms. The van der Waals surface area contributed by atoms with Gasteiger partial charge in [-0.1, -0.05) is 6.92 Å². The molecule has 114 valence electrons. The van der Waals surface area contributed by atoms with Crippen LogP contribution < -0.4 is 10.5 Å². The largest absolute Gasteiger partial charge is 0.497 e. The summed E-state index contributed by atoms with van der Waals surface area (Å²) in [6.07, 6.45) is 0.853. The number of ether oxygens (including phenoxy) is 1. The van der Waals surface area contributed by atoms with Crippen LogP contribution in [0.2, 0.25) is 0 Å². The average Bonchev–Trinajstić information content (AvgIpc) is 2.46. The van der Waals surface area contributed by atoms with Crippen molar-refractivity contribution >= 4 is 17.5 Å². The first-order valence-corrected chi connectivity index (χ1v) is 7.06. The first kappa shape index (κ1) is 15.2. The highest BCUT2D eigenvalue weighted by Crippen LogP contribution is 2.20. The van der Waals surface area contributed by atoms with Crippen LogP contribution >= 0.6 is 0 Å². The quantitative estimate of drug-likeness (QED) is 0.645. The Bertz CT molecular complexity index is 545. The van der Waals surface area contributed by atoms with Crippen LogP contribution in [0.15, 0.2) is 18.2 Å². The lowest BCUT2D eigenvalue weighted by Gasteiger charge is -2.33. The van der Waals surface area contributed by atoms with E-state index < -0.39 is 11.8 Å². The van der Waals surface area contributed by atoms with Crippen molar-refractivity contribution < 1.29 is 14.3 Å². The second-order valence-electron chi connectivity index (χ2n) is 5.13. The predicted molar refractivity (Wildman–Crippen MR) is 79.7 cm³/mol. The van der Waals surface area contributed by atoms with E-state index in [-0.39, 0.29) is 0 Å². The Labute approximate surface area is 124 Å². The number of amides is 2. The Balaban J connectivity index is 2.09. The summed E-state index contributed by atoms with van der Waals surface area (Å²) in [7, 11) is 1.57. The van der Waals surface area contributed by atoms with E-state index in [2.05, 4.69) is 0 Å². The Morgan fingerprint density at radius 1 is 1.14 bits per heavy atom. The summed E-state index contributed by atoms with van der Waals surface area (Å²) >= 11 is 0. The molecule has 6 heteroatoms. The number of benzene rings is 1. The zero-order chi connectivity index (χ0) is 15.4. The molecule has 0 aliphatic carbocycles. The van der Waals surface area contributed by atoms with Crippen LogP contribution in [0.1, 0.15) is 18.9 Å². The molecule has 1 fully saturated rings. The molecule has 1 aliphatic rings. The van der Waals surface area contributed by atoms with Crippen molar-refractivity contribution in [3.8, 4) is 5.75 Å². The van der Waals surface area contributed by atoms with E-state index in [1.807, 2.05) is 13.0 Å². The normalized spacial score (nSPS) is 15.5. The summed E-state index contributed by atoms with van der Waals surface area (Å²) < 4.78 is 5.16. The number of rotatable bonds is 5. The molecule has 6 nitrogen and oxygen atoms in total. The highest BCUT2D eigenvalue weighted by Gasteiger charge is 2.31.